The number of aryl methyl sites for hydroxylation is 2. The van der Waals surface area contributed by atoms with Crippen LogP contribution >= 0.6 is 11.6 Å². The van der Waals surface area contributed by atoms with Crippen LogP contribution in [0.25, 0.3) is 6.08 Å². The van der Waals surface area contributed by atoms with E-state index in [1.54, 1.807) is 12.2 Å². The summed E-state index contributed by atoms with van der Waals surface area (Å²) >= 11 is 6.12. The monoisotopic (exact) mass is 372 g/mol. The molecule has 0 unspecified atom stereocenters. The van der Waals surface area contributed by atoms with Crippen molar-refractivity contribution in [2.24, 2.45) is 0 Å². The van der Waals surface area contributed by atoms with Gasteiger partial charge in [0.15, 0.2) is 0 Å². The van der Waals surface area contributed by atoms with Gasteiger partial charge in [0.25, 0.3) is 0 Å². The van der Waals surface area contributed by atoms with Crippen LogP contribution in [0.1, 0.15) is 23.7 Å². The molecule has 1 aliphatic heterocycles. The van der Waals surface area contributed by atoms with Gasteiger partial charge >= 0.3 is 0 Å². The van der Waals surface area contributed by atoms with Crippen molar-refractivity contribution in [1.82, 2.24) is 19.6 Å². The molecule has 6 heteroatoms. The van der Waals surface area contributed by atoms with Crippen LogP contribution in [0, 0.1) is 6.92 Å². The highest BCUT2D eigenvalue weighted by Crippen LogP contribution is 2.17. The van der Waals surface area contributed by atoms with Gasteiger partial charge in [-0.1, -0.05) is 29.8 Å². The molecule has 1 fully saturated rings. The molecule has 2 aromatic rings. The second-order valence-electron chi connectivity index (χ2n) is 6.55. The number of hydrogen-bond acceptors (Lipinski definition) is 3. The molecule has 1 aromatic heterocycles. The Bertz CT molecular complexity index is 791. The fraction of sp³-hybridized carbons (Fsp3) is 0.400. The number of amides is 1. The van der Waals surface area contributed by atoms with Crippen LogP contribution in [0.3, 0.4) is 0 Å². The molecule has 1 amide bonds. The fourth-order valence-electron chi connectivity index (χ4n) is 3.12. The summed E-state index contributed by atoms with van der Waals surface area (Å²) in [6.07, 6.45) is 5.53. The number of halogens is 1. The summed E-state index contributed by atoms with van der Waals surface area (Å²) in [6.45, 7) is 9.17. The lowest BCUT2D eigenvalue weighted by Gasteiger charge is -2.34. The Hall–Kier alpha value is -2.11. The lowest BCUT2D eigenvalue weighted by Crippen LogP contribution is -2.47. The summed E-state index contributed by atoms with van der Waals surface area (Å²) in [5, 5.41) is 5.16. The van der Waals surface area contributed by atoms with Gasteiger partial charge in [-0.15, -0.1) is 0 Å². The number of carbonyl (C=O) groups excluding carboxylic acids is 1. The predicted molar refractivity (Wildman–Crippen MR) is 105 cm³/mol. The molecule has 1 aromatic carbocycles. The van der Waals surface area contributed by atoms with E-state index in [9.17, 15) is 4.79 Å². The van der Waals surface area contributed by atoms with Crippen LogP contribution in [0.15, 0.2) is 36.5 Å². The first-order valence-corrected chi connectivity index (χ1v) is 9.41. The van der Waals surface area contributed by atoms with Gasteiger partial charge < -0.3 is 4.90 Å². The highest BCUT2D eigenvalue weighted by Gasteiger charge is 2.20. The average molecular weight is 373 g/mol. The minimum absolute atomic E-state index is 0.0413. The molecule has 0 atom stereocenters. The lowest BCUT2D eigenvalue weighted by molar-refractivity contribution is -0.127. The summed E-state index contributed by atoms with van der Waals surface area (Å²) < 4.78 is 1.98. The Balaban J connectivity index is 1.52. The Morgan fingerprint density at radius 1 is 1.23 bits per heavy atom. The second kappa shape index (κ2) is 8.52. The standard InChI is InChI=1S/C20H25ClN4O/c1-3-25-15-18(16(2)22-25)14-23-10-12-24(13-11-23)20(26)9-8-17-6-4-5-7-19(17)21/h4-9,15H,3,10-14H2,1-2H3/b9-8+. The van der Waals surface area contributed by atoms with Crippen molar-refractivity contribution < 1.29 is 4.79 Å². The minimum atomic E-state index is 0.0413. The smallest absolute Gasteiger partial charge is 0.246 e. The van der Waals surface area contributed by atoms with E-state index in [4.69, 9.17) is 11.6 Å². The Kier molecular flexibility index (Phi) is 6.12. The molecule has 0 aliphatic carbocycles. The van der Waals surface area contributed by atoms with Crippen molar-refractivity contribution in [3.63, 3.8) is 0 Å². The molecule has 138 valence electrons. The molecule has 0 N–H and O–H groups in total. The quantitative estimate of drug-likeness (QED) is 0.757. The van der Waals surface area contributed by atoms with Crippen LogP contribution in [0.4, 0.5) is 0 Å². The van der Waals surface area contributed by atoms with Crippen LogP contribution in [0.2, 0.25) is 5.02 Å². The van der Waals surface area contributed by atoms with Crippen LogP contribution < -0.4 is 0 Å². The molecule has 3 rings (SSSR count). The number of carbonyl (C=O) groups is 1. The summed E-state index contributed by atoms with van der Waals surface area (Å²) in [7, 11) is 0. The molecule has 1 aliphatic rings. The lowest BCUT2D eigenvalue weighted by atomic mass is 10.2. The fourth-order valence-corrected chi connectivity index (χ4v) is 3.32. The van der Waals surface area contributed by atoms with Gasteiger partial charge in [0.1, 0.15) is 0 Å². The topological polar surface area (TPSA) is 41.4 Å². The number of aromatic nitrogens is 2. The van der Waals surface area contributed by atoms with E-state index < -0.39 is 0 Å². The van der Waals surface area contributed by atoms with E-state index in [1.807, 2.05) is 33.8 Å². The van der Waals surface area contributed by atoms with Crippen molar-refractivity contribution >= 4 is 23.6 Å². The molecule has 0 radical (unpaired) electrons. The molecular weight excluding hydrogens is 348 g/mol. The van der Waals surface area contributed by atoms with Gasteiger partial charge in [-0.3, -0.25) is 14.4 Å². The third-order valence-electron chi connectivity index (χ3n) is 4.76. The number of rotatable bonds is 5. The Labute approximate surface area is 159 Å². The first-order chi connectivity index (χ1) is 12.6. The molecule has 26 heavy (non-hydrogen) atoms. The zero-order chi connectivity index (χ0) is 18.5. The average Bonchev–Trinajstić information content (AvgIpc) is 3.01. The molecule has 2 heterocycles. The predicted octanol–water partition coefficient (Wildman–Crippen LogP) is 3.22. The van der Waals surface area contributed by atoms with Crippen molar-refractivity contribution in [3.05, 3.63) is 58.4 Å². The van der Waals surface area contributed by atoms with Gasteiger partial charge in [-0.25, -0.2) is 0 Å². The third-order valence-corrected chi connectivity index (χ3v) is 5.10. The maximum Gasteiger partial charge on any atom is 0.246 e. The molecule has 5 nitrogen and oxygen atoms in total. The highest BCUT2D eigenvalue weighted by atomic mass is 35.5. The SMILES string of the molecule is CCn1cc(CN2CCN(C(=O)/C=C/c3ccccc3Cl)CC2)c(C)n1. The molecule has 0 saturated carbocycles. The van der Waals surface area contributed by atoms with Crippen LogP contribution in [-0.4, -0.2) is 51.7 Å². The minimum Gasteiger partial charge on any atom is -0.337 e. The summed E-state index contributed by atoms with van der Waals surface area (Å²) in [5.74, 6) is 0.0413. The van der Waals surface area contributed by atoms with Gasteiger partial charge in [0.2, 0.25) is 5.91 Å². The Morgan fingerprint density at radius 2 is 1.96 bits per heavy atom. The van der Waals surface area contributed by atoms with Crippen LogP contribution in [0.5, 0.6) is 0 Å². The van der Waals surface area contributed by atoms with E-state index in [-0.39, 0.29) is 5.91 Å². The first kappa shape index (κ1) is 18.7. The first-order valence-electron chi connectivity index (χ1n) is 9.03. The zero-order valence-electron chi connectivity index (χ0n) is 15.4. The van der Waals surface area contributed by atoms with Crippen molar-refractivity contribution in [1.29, 1.82) is 0 Å². The van der Waals surface area contributed by atoms with Crippen molar-refractivity contribution in [2.45, 2.75) is 26.9 Å². The van der Waals surface area contributed by atoms with E-state index in [0.29, 0.717) is 5.02 Å². The number of hydrogen-bond donors (Lipinski definition) is 0. The van der Waals surface area contributed by atoms with E-state index in [1.165, 1.54) is 5.56 Å². The van der Waals surface area contributed by atoms with E-state index >= 15 is 0 Å². The maximum atomic E-state index is 12.4. The number of piperazine rings is 1. The van der Waals surface area contributed by atoms with Gasteiger partial charge in [-0.05, 0) is 31.6 Å². The van der Waals surface area contributed by atoms with Crippen molar-refractivity contribution in [2.75, 3.05) is 26.2 Å². The largest absolute Gasteiger partial charge is 0.337 e. The summed E-state index contributed by atoms with van der Waals surface area (Å²) in [5.41, 5.74) is 3.22. The molecule has 0 bridgehead atoms. The van der Waals surface area contributed by atoms with Crippen LogP contribution in [-0.2, 0) is 17.9 Å². The van der Waals surface area contributed by atoms with E-state index in [2.05, 4.69) is 30.0 Å². The molecule has 0 spiro atoms. The highest BCUT2D eigenvalue weighted by molar-refractivity contribution is 6.32. The van der Waals surface area contributed by atoms with Gasteiger partial charge in [-0.2, -0.15) is 5.10 Å². The normalized spacial score (nSPS) is 15.7. The molecular formula is C20H25ClN4O. The number of nitrogens with zero attached hydrogens (tertiary/aromatic N) is 4. The summed E-state index contributed by atoms with van der Waals surface area (Å²) in [6, 6.07) is 7.53. The Morgan fingerprint density at radius 3 is 2.62 bits per heavy atom. The number of benzene rings is 1. The van der Waals surface area contributed by atoms with Gasteiger partial charge in [0, 0.05) is 62.1 Å². The molecule has 1 saturated heterocycles. The summed E-state index contributed by atoms with van der Waals surface area (Å²) in [4.78, 5) is 16.7. The zero-order valence-corrected chi connectivity index (χ0v) is 16.1. The maximum absolute atomic E-state index is 12.4. The van der Waals surface area contributed by atoms with E-state index in [0.717, 1.165) is 50.5 Å². The second-order valence-corrected chi connectivity index (χ2v) is 6.96. The third kappa shape index (κ3) is 4.54. The van der Waals surface area contributed by atoms with Crippen molar-refractivity contribution in [3.8, 4) is 0 Å². The van der Waals surface area contributed by atoms with Gasteiger partial charge in [0.05, 0.1) is 5.69 Å².